The number of carbonyl (C=O) groups is 3. The topological polar surface area (TPSA) is 197 Å². The Morgan fingerprint density at radius 2 is 1.57 bits per heavy atom. The SMILES string of the molecule is CC(C)[C@H]1c2ccc(F)cc2CC[C@@]1(CCN(C)CCCc1nc2ccccc2[nH]1)OC(=O)C1CC1.Cc1cc(NC(=O)Nc2ccc(N(C)C)cc2)c2cc(F)cc(F)c2n1.Cl.Cl.Cl.Cn1ccc2cc3c(cc21)CCN3C(=O)Nc1cccnc1.O. The Bertz CT molecular complexity index is 3820. The second kappa shape index (κ2) is 30.3. The summed E-state index contributed by atoms with van der Waals surface area (Å²) in [4.78, 5) is 60.0. The molecule has 0 spiro atoms. The smallest absolute Gasteiger partial charge is 0.326 e. The highest BCUT2D eigenvalue weighted by atomic mass is 35.5. The van der Waals surface area contributed by atoms with Crippen LogP contribution in [0.25, 0.3) is 32.8 Å². The van der Waals surface area contributed by atoms with Gasteiger partial charge in [0.05, 0.1) is 34.5 Å². The number of pyridine rings is 2. The minimum Gasteiger partial charge on any atom is -0.458 e. The number of H-pyrrole nitrogens is 1. The number of para-hydroxylation sites is 2. The molecule has 0 radical (unpaired) electrons. The molecule has 16 nitrogen and oxygen atoms in total. The molecule has 9 aromatic rings. The van der Waals surface area contributed by atoms with E-state index < -0.39 is 23.3 Å². The van der Waals surface area contributed by atoms with Gasteiger partial charge < -0.3 is 45.5 Å². The van der Waals surface area contributed by atoms with Crippen LogP contribution in [0.1, 0.15) is 80.1 Å². The van der Waals surface area contributed by atoms with Crippen LogP contribution in [0, 0.1) is 36.2 Å². The molecule has 4 amide bonds. The van der Waals surface area contributed by atoms with Gasteiger partial charge in [0.1, 0.15) is 28.6 Å². The number of nitrogens with one attached hydrogen (secondary N) is 4. The second-order valence-corrected chi connectivity index (χ2v) is 22.8. The Morgan fingerprint density at radius 1 is 0.807 bits per heavy atom. The van der Waals surface area contributed by atoms with E-state index in [1.807, 2.05) is 74.7 Å². The van der Waals surface area contributed by atoms with Crippen LogP contribution in [0.2, 0.25) is 0 Å². The molecule has 468 valence electrons. The van der Waals surface area contributed by atoms with Crippen molar-refractivity contribution in [2.45, 2.75) is 83.7 Å². The first-order valence-electron chi connectivity index (χ1n) is 28.7. The highest BCUT2D eigenvalue weighted by molar-refractivity contribution is 6.06. The summed E-state index contributed by atoms with van der Waals surface area (Å²) in [5, 5.41) is 9.58. The van der Waals surface area contributed by atoms with Gasteiger partial charge in [-0.2, -0.15) is 0 Å². The van der Waals surface area contributed by atoms with Gasteiger partial charge >= 0.3 is 18.0 Å². The van der Waals surface area contributed by atoms with E-state index in [-0.39, 0.29) is 94.9 Å². The number of fused-ring (bicyclic) bond motifs is 5. The fourth-order valence-corrected chi connectivity index (χ4v) is 11.6. The maximum atomic E-state index is 14.0. The number of amides is 4. The van der Waals surface area contributed by atoms with E-state index in [2.05, 4.69) is 85.5 Å². The standard InChI is InChI=1S/C30H38FN3O2.C19H18F2N4O.C17H16N4O.3ClH.H2O/c1-20(2)28-24-13-12-23(31)19-22(24)14-15-30(28,36-29(35)21-10-11-21)16-18-34(3)17-6-9-27-32-25-7-4-5-8-26(25)33-27;1-11-8-17(15-9-12(20)10-16(21)18(15)22-11)24-19(26)23-13-4-6-14(7-5-13)25(2)3;1-20-7-4-12-10-16-13(9-15(12)20)5-8-21(16)17(22)19-14-3-2-6-18-11-14;;;;/h4-5,7-8,12-13,19-21,28H,6,9-11,14-18H2,1-3H3,(H,32,33);4-10H,1-3H3,(H2,22,23,24,26);2-4,6-7,9-11H,5,8H2,1H3,(H,19,22);3*1H;1H2/t28-,30-;;;;;;/m0....../s1. The van der Waals surface area contributed by atoms with Gasteiger partial charge in [-0.1, -0.05) is 32.0 Å². The molecule has 6 N–H and O–H groups in total. The number of hydrogen-bond donors (Lipinski definition) is 4. The molecule has 2 atom stereocenters. The molecule has 88 heavy (non-hydrogen) atoms. The number of rotatable bonds is 14. The van der Waals surface area contributed by atoms with Crippen LogP contribution >= 0.6 is 37.2 Å². The van der Waals surface area contributed by atoms with E-state index in [0.29, 0.717) is 23.6 Å². The maximum absolute atomic E-state index is 14.0. The van der Waals surface area contributed by atoms with Crippen LogP contribution in [0.5, 0.6) is 0 Å². The summed E-state index contributed by atoms with van der Waals surface area (Å²) in [5.74, 6) is -0.314. The Kier molecular flexibility index (Phi) is 23.8. The molecule has 5 heterocycles. The molecular weight excluding hydrogens is 1190 g/mol. The molecule has 22 heteroatoms. The number of anilines is 5. The molecule has 5 aromatic carbocycles. The van der Waals surface area contributed by atoms with Gasteiger partial charge in [-0.15, -0.1) is 37.2 Å². The second-order valence-electron chi connectivity index (χ2n) is 22.8. The highest BCUT2D eigenvalue weighted by Crippen LogP contribution is 2.49. The Balaban J connectivity index is 0.000000213. The van der Waals surface area contributed by atoms with Crippen molar-refractivity contribution in [3.63, 3.8) is 0 Å². The normalized spacial score (nSPS) is 15.4. The number of urea groups is 2. The van der Waals surface area contributed by atoms with Crippen molar-refractivity contribution >= 4 is 117 Å². The largest absolute Gasteiger partial charge is 0.458 e. The number of benzene rings is 5. The summed E-state index contributed by atoms with van der Waals surface area (Å²) >= 11 is 0. The minimum absolute atomic E-state index is 0. The third-order valence-electron chi connectivity index (χ3n) is 16.0. The lowest BCUT2D eigenvalue weighted by atomic mass is 9.65. The average molecular weight is 1270 g/mol. The molecule has 2 aliphatic carbocycles. The molecule has 0 unspecified atom stereocenters. The van der Waals surface area contributed by atoms with Gasteiger partial charge in [0.15, 0.2) is 5.82 Å². The molecular formula is C66H77Cl3F3N11O5. The fraction of sp³-hybridized carbons (Fsp3) is 0.333. The van der Waals surface area contributed by atoms with Gasteiger partial charge in [-0.05, 0) is 173 Å². The third-order valence-corrected chi connectivity index (χ3v) is 16.0. The molecule has 3 aliphatic rings. The van der Waals surface area contributed by atoms with Crippen LogP contribution in [0.15, 0.2) is 134 Å². The van der Waals surface area contributed by atoms with E-state index in [9.17, 15) is 27.6 Å². The van der Waals surface area contributed by atoms with E-state index in [0.717, 1.165) is 121 Å². The number of aromatic amines is 1. The monoisotopic (exact) mass is 1270 g/mol. The van der Waals surface area contributed by atoms with Crippen molar-refractivity contribution in [3.05, 3.63) is 180 Å². The predicted octanol–water partition coefficient (Wildman–Crippen LogP) is 14.2. The van der Waals surface area contributed by atoms with Crippen LogP contribution in [-0.4, -0.2) is 99.3 Å². The number of esters is 1. The zero-order chi connectivity index (χ0) is 59.2. The van der Waals surface area contributed by atoms with Crippen molar-refractivity contribution in [2.75, 3.05) is 66.5 Å². The number of nitrogens with zero attached hydrogens (tertiary/aromatic N) is 7. The average Bonchev–Trinajstić information content (AvgIpc) is 2.65. The van der Waals surface area contributed by atoms with Gasteiger partial charge in [0.2, 0.25) is 0 Å². The number of hydrogen-bond acceptors (Lipinski definition) is 9. The van der Waals surface area contributed by atoms with Crippen molar-refractivity contribution in [1.82, 2.24) is 29.4 Å². The number of ether oxygens (including phenoxy) is 1. The molecule has 0 saturated heterocycles. The summed E-state index contributed by atoms with van der Waals surface area (Å²) in [5.41, 5.74) is 10.3. The first-order valence-corrected chi connectivity index (χ1v) is 28.7. The lowest BCUT2D eigenvalue weighted by Gasteiger charge is -2.47. The predicted molar refractivity (Wildman–Crippen MR) is 353 cm³/mol. The van der Waals surface area contributed by atoms with Crippen LogP contribution in [-0.2, 0) is 35.8 Å². The van der Waals surface area contributed by atoms with Crippen molar-refractivity contribution in [1.29, 1.82) is 0 Å². The lowest BCUT2D eigenvalue weighted by Crippen LogP contribution is -2.48. The van der Waals surface area contributed by atoms with Crippen molar-refractivity contribution < 1.29 is 37.8 Å². The highest BCUT2D eigenvalue weighted by Gasteiger charge is 2.49. The molecule has 0 bridgehead atoms. The molecule has 1 saturated carbocycles. The Morgan fingerprint density at radius 3 is 2.27 bits per heavy atom. The van der Waals surface area contributed by atoms with E-state index in [1.165, 1.54) is 11.1 Å². The summed E-state index contributed by atoms with van der Waals surface area (Å²) in [6.45, 7) is 8.55. The zero-order valence-corrected chi connectivity index (χ0v) is 52.8. The van der Waals surface area contributed by atoms with Crippen molar-refractivity contribution in [2.24, 2.45) is 18.9 Å². The van der Waals surface area contributed by atoms with E-state index >= 15 is 0 Å². The quantitative estimate of drug-likeness (QED) is 0.0766. The van der Waals surface area contributed by atoms with Crippen molar-refractivity contribution in [3.8, 4) is 0 Å². The van der Waals surface area contributed by atoms with Crippen LogP contribution in [0.4, 0.5) is 51.2 Å². The first kappa shape index (κ1) is 69.2. The summed E-state index contributed by atoms with van der Waals surface area (Å²) in [6, 6.07) is 33.4. The van der Waals surface area contributed by atoms with E-state index in [4.69, 9.17) is 9.72 Å². The minimum atomic E-state index is -0.772. The number of aryl methyl sites for hydroxylation is 4. The number of carbonyl (C=O) groups excluding carboxylic acids is 3. The Hall–Kier alpha value is -7.94. The Labute approximate surface area is 529 Å². The number of halogens is 6. The summed E-state index contributed by atoms with van der Waals surface area (Å²) in [7, 11) is 8.02. The molecule has 1 aliphatic heterocycles. The zero-order valence-electron chi connectivity index (χ0n) is 50.3. The summed E-state index contributed by atoms with van der Waals surface area (Å²) in [6.07, 6.45) is 12.3. The van der Waals surface area contributed by atoms with Gasteiger partial charge in [0, 0.05) is 110 Å². The molecule has 1 fully saturated rings. The molecule has 4 aromatic heterocycles. The van der Waals surface area contributed by atoms with Crippen LogP contribution in [0.3, 0.4) is 0 Å². The van der Waals surface area contributed by atoms with Gasteiger partial charge in [-0.25, -0.2) is 32.7 Å². The summed E-state index contributed by atoms with van der Waals surface area (Å²) < 4.78 is 50.1. The van der Waals surface area contributed by atoms with Gasteiger partial charge in [0.25, 0.3) is 0 Å². The number of aromatic nitrogens is 5. The van der Waals surface area contributed by atoms with E-state index in [1.54, 1.807) is 60.6 Å². The fourth-order valence-electron chi connectivity index (χ4n) is 11.6. The third kappa shape index (κ3) is 16.4. The first-order chi connectivity index (χ1) is 40.4. The number of imidazole rings is 1. The van der Waals surface area contributed by atoms with Crippen LogP contribution < -0.4 is 25.8 Å². The lowest BCUT2D eigenvalue weighted by molar-refractivity contribution is -0.169. The maximum Gasteiger partial charge on any atom is 0.326 e. The molecule has 12 rings (SSSR count). The van der Waals surface area contributed by atoms with Gasteiger partial charge in [-0.3, -0.25) is 14.7 Å².